The summed E-state index contributed by atoms with van der Waals surface area (Å²) in [5.41, 5.74) is 3.42. The van der Waals surface area contributed by atoms with E-state index < -0.39 is 0 Å². The highest BCUT2D eigenvalue weighted by Gasteiger charge is 2.29. The topological polar surface area (TPSA) is 49.4 Å². The predicted octanol–water partition coefficient (Wildman–Crippen LogP) is 3.93. The van der Waals surface area contributed by atoms with Crippen LogP contribution in [-0.2, 0) is 4.79 Å². The molecule has 0 unspecified atom stereocenters. The quantitative estimate of drug-likeness (QED) is 0.908. The normalized spacial score (nSPS) is 17.0. The molecular weight excluding hydrogens is 331 g/mol. The number of likely N-dealkylation sites (tertiary alicyclic amines) is 1. The zero-order valence-electron chi connectivity index (χ0n) is 15.1. The van der Waals surface area contributed by atoms with Gasteiger partial charge in [0.2, 0.25) is 5.91 Å². The molecule has 2 amide bonds. The second-order valence-electron chi connectivity index (χ2n) is 6.96. The Balaban J connectivity index is 1.66. The number of halogens is 1. The van der Waals surface area contributed by atoms with E-state index in [0.717, 1.165) is 29.7 Å². The van der Waals surface area contributed by atoms with Crippen LogP contribution in [0.5, 0.6) is 0 Å². The van der Waals surface area contributed by atoms with Crippen molar-refractivity contribution >= 4 is 17.5 Å². The fourth-order valence-corrected chi connectivity index (χ4v) is 3.44. The van der Waals surface area contributed by atoms with Crippen LogP contribution in [0, 0.1) is 25.6 Å². The van der Waals surface area contributed by atoms with E-state index in [-0.39, 0.29) is 23.5 Å². The van der Waals surface area contributed by atoms with E-state index >= 15 is 0 Å². The van der Waals surface area contributed by atoms with Gasteiger partial charge >= 0.3 is 0 Å². The Bertz CT molecular complexity index is 797. The molecule has 1 atom stereocenters. The van der Waals surface area contributed by atoms with Crippen molar-refractivity contribution in [3.05, 3.63) is 65.0 Å². The molecule has 0 aromatic heterocycles. The van der Waals surface area contributed by atoms with Crippen LogP contribution in [0.1, 0.15) is 34.3 Å². The maximum atomic E-state index is 13.0. The number of carbonyl (C=O) groups is 2. The van der Waals surface area contributed by atoms with Crippen molar-refractivity contribution in [1.29, 1.82) is 0 Å². The average Bonchev–Trinajstić information content (AvgIpc) is 2.61. The highest BCUT2D eigenvalue weighted by Crippen LogP contribution is 2.21. The first kappa shape index (κ1) is 18.1. The van der Waals surface area contributed by atoms with Gasteiger partial charge in [-0.15, -0.1) is 0 Å². The third-order valence-corrected chi connectivity index (χ3v) is 4.66. The van der Waals surface area contributed by atoms with Crippen LogP contribution in [0.3, 0.4) is 0 Å². The summed E-state index contributed by atoms with van der Waals surface area (Å²) in [6, 6.07) is 11.5. The fraction of sp³-hybridized carbons (Fsp3) is 0.333. The summed E-state index contributed by atoms with van der Waals surface area (Å²) in [6.07, 6.45) is 1.53. The standard InChI is InChI=1S/C21H23FN2O2/c1-14-10-15(2)12-19(11-14)23-20(25)17-4-3-9-24(13-17)21(26)16-5-7-18(22)8-6-16/h5-8,10-12,17H,3-4,9,13H2,1-2H3,(H,23,25)/t17-/m1/s1. The van der Waals surface area contributed by atoms with Gasteiger partial charge in [-0.05, 0) is 74.2 Å². The van der Waals surface area contributed by atoms with Gasteiger partial charge in [-0.2, -0.15) is 0 Å². The van der Waals surface area contributed by atoms with Crippen LogP contribution >= 0.6 is 0 Å². The summed E-state index contributed by atoms with van der Waals surface area (Å²) in [5.74, 6) is -0.833. The predicted molar refractivity (Wildman–Crippen MR) is 99.6 cm³/mol. The minimum atomic E-state index is -0.370. The zero-order valence-corrected chi connectivity index (χ0v) is 15.1. The lowest BCUT2D eigenvalue weighted by Gasteiger charge is -2.32. The van der Waals surface area contributed by atoms with E-state index in [1.807, 2.05) is 26.0 Å². The summed E-state index contributed by atoms with van der Waals surface area (Å²) >= 11 is 0. The van der Waals surface area contributed by atoms with E-state index in [0.29, 0.717) is 18.7 Å². The lowest BCUT2D eigenvalue weighted by Crippen LogP contribution is -2.43. The number of carbonyl (C=O) groups excluding carboxylic acids is 2. The van der Waals surface area contributed by atoms with E-state index in [4.69, 9.17) is 0 Å². The minimum Gasteiger partial charge on any atom is -0.338 e. The van der Waals surface area contributed by atoms with Crippen LogP contribution in [0.4, 0.5) is 10.1 Å². The Labute approximate surface area is 153 Å². The molecule has 2 aromatic carbocycles. The van der Waals surface area contributed by atoms with Crippen LogP contribution < -0.4 is 5.32 Å². The smallest absolute Gasteiger partial charge is 0.253 e. The molecule has 0 spiro atoms. The van der Waals surface area contributed by atoms with Crippen molar-refractivity contribution < 1.29 is 14.0 Å². The summed E-state index contributed by atoms with van der Waals surface area (Å²) < 4.78 is 13.0. The van der Waals surface area contributed by atoms with Crippen LogP contribution in [0.25, 0.3) is 0 Å². The molecular formula is C21H23FN2O2. The Hall–Kier alpha value is -2.69. The average molecular weight is 354 g/mol. The summed E-state index contributed by atoms with van der Waals surface area (Å²) in [6.45, 7) is 4.98. The third kappa shape index (κ3) is 4.28. The SMILES string of the molecule is Cc1cc(C)cc(NC(=O)[C@@H]2CCCN(C(=O)c3ccc(F)cc3)C2)c1. The number of hydrogen-bond donors (Lipinski definition) is 1. The Morgan fingerprint density at radius 3 is 2.38 bits per heavy atom. The first-order chi connectivity index (χ1) is 12.4. The number of anilines is 1. The van der Waals surface area contributed by atoms with E-state index in [2.05, 4.69) is 11.4 Å². The second kappa shape index (κ2) is 7.68. The van der Waals surface area contributed by atoms with Gasteiger partial charge in [0.15, 0.2) is 0 Å². The van der Waals surface area contributed by atoms with Crippen LogP contribution in [0.2, 0.25) is 0 Å². The second-order valence-corrected chi connectivity index (χ2v) is 6.96. The first-order valence-corrected chi connectivity index (χ1v) is 8.86. The molecule has 1 N–H and O–H groups in total. The number of amides is 2. The van der Waals surface area contributed by atoms with Crippen molar-refractivity contribution in [3.8, 4) is 0 Å². The maximum absolute atomic E-state index is 13.0. The first-order valence-electron chi connectivity index (χ1n) is 8.86. The molecule has 4 nitrogen and oxygen atoms in total. The molecule has 26 heavy (non-hydrogen) atoms. The lowest BCUT2D eigenvalue weighted by molar-refractivity contribution is -0.121. The molecule has 136 valence electrons. The zero-order chi connectivity index (χ0) is 18.7. The van der Waals surface area contributed by atoms with Gasteiger partial charge in [0.05, 0.1) is 5.92 Å². The molecule has 1 fully saturated rings. The molecule has 5 heteroatoms. The molecule has 0 saturated carbocycles. The largest absolute Gasteiger partial charge is 0.338 e. The molecule has 3 rings (SSSR count). The summed E-state index contributed by atoms with van der Waals surface area (Å²) in [7, 11) is 0. The van der Waals surface area contributed by atoms with Gasteiger partial charge < -0.3 is 10.2 Å². The molecule has 1 aliphatic rings. The number of aryl methyl sites for hydroxylation is 2. The minimum absolute atomic E-state index is 0.0633. The molecule has 0 bridgehead atoms. The van der Waals surface area contributed by atoms with Crippen LogP contribution in [-0.4, -0.2) is 29.8 Å². The molecule has 1 saturated heterocycles. The number of rotatable bonds is 3. The Kier molecular flexibility index (Phi) is 5.35. The lowest BCUT2D eigenvalue weighted by atomic mass is 9.96. The highest BCUT2D eigenvalue weighted by molar-refractivity contribution is 5.96. The number of hydrogen-bond acceptors (Lipinski definition) is 2. The van der Waals surface area contributed by atoms with Crippen LogP contribution in [0.15, 0.2) is 42.5 Å². The van der Waals surface area contributed by atoms with Crippen molar-refractivity contribution in [2.24, 2.45) is 5.92 Å². The molecule has 1 aliphatic heterocycles. The van der Waals surface area contributed by atoms with Crippen molar-refractivity contribution in [1.82, 2.24) is 4.90 Å². The van der Waals surface area contributed by atoms with Gasteiger partial charge in [-0.1, -0.05) is 6.07 Å². The number of nitrogens with one attached hydrogen (secondary N) is 1. The molecule has 1 heterocycles. The van der Waals surface area contributed by atoms with E-state index in [1.54, 1.807) is 4.90 Å². The van der Waals surface area contributed by atoms with E-state index in [9.17, 15) is 14.0 Å². The summed E-state index contributed by atoms with van der Waals surface area (Å²) in [5, 5.41) is 2.97. The van der Waals surface area contributed by atoms with Crippen molar-refractivity contribution in [2.75, 3.05) is 18.4 Å². The fourth-order valence-electron chi connectivity index (χ4n) is 3.44. The maximum Gasteiger partial charge on any atom is 0.253 e. The van der Waals surface area contributed by atoms with Crippen molar-refractivity contribution in [2.45, 2.75) is 26.7 Å². The van der Waals surface area contributed by atoms with E-state index in [1.165, 1.54) is 24.3 Å². The monoisotopic (exact) mass is 354 g/mol. The molecule has 0 aliphatic carbocycles. The van der Waals surface area contributed by atoms with Crippen molar-refractivity contribution in [3.63, 3.8) is 0 Å². The summed E-state index contributed by atoms with van der Waals surface area (Å²) in [4.78, 5) is 26.9. The van der Waals surface area contributed by atoms with Gasteiger partial charge in [-0.25, -0.2) is 4.39 Å². The number of piperidine rings is 1. The Morgan fingerprint density at radius 2 is 1.73 bits per heavy atom. The Morgan fingerprint density at radius 1 is 1.08 bits per heavy atom. The highest BCUT2D eigenvalue weighted by atomic mass is 19.1. The molecule has 0 radical (unpaired) electrons. The van der Waals surface area contributed by atoms with Gasteiger partial charge in [0.1, 0.15) is 5.82 Å². The van der Waals surface area contributed by atoms with Gasteiger partial charge in [0, 0.05) is 24.3 Å². The third-order valence-electron chi connectivity index (χ3n) is 4.66. The number of benzene rings is 2. The van der Waals surface area contributed by atoms with Gasteiger partial charge in [0.25, 0.3) is 5.91 Å². The van der Waals surface area contributed by atoms with Gasteiger partial charge in [-0.3, -0.25) is 9.59 Å². The number of nitrogens with zero attached hydrogens (tertiary/aromatic N) is 1. The molecule has 2 aromatic rings.